The number of carboxylic acid groups (broad SMARTS) is 1. The van der Waals surface area contributed by atoms with E-state index in [-0.39, 0.29) is 12.6 Å². The topological polar surface area (TPSA) is 87.5 Å². The molecule has 2 rings (SSSR count). The first-order valence-electron chi connectivity index (χ1n) is 6.30. The highest BCUT2D eigenvalue weighted by Gasteiger charge is 2.27. The van der Waals surface area contributed by atoms with Gasteiger partial charge in [-0.15, -0.1) is 0 Å². The Morgan fingerprint density at radius 2 is 2.37 bits per heavy atom. The highest BCUT2D eigenvalue weighted by atomic mass is 16.4. The van der Waals surface area contributed by atoms with Crippen LogP contribution in [0.1, 0.15) is 18.5 Å². The Morgan fingerprint density at radius 3 is 3.00 bits per heavy atom. The molecule has 1 saturated heterocycles. The number of carboxylic acids is 1. The van der Waals surface area contributed by atoms with Crippen molar-refractivity contribution in [1.82, 2.24) is 20.0 Å². The van der Waals surface area contributed by atoms with E-state index in [0.717, 1.165) is 12.1 Å². The summed E-state index contributed by atoms with van der Waals surface area (Å²) in [5.74, 6) is -1.28. The number of rotatable bonds is 3. The average molecular weight is 266 g/mol. The van der Waals surface area contributed by atoms with Crippen molar-refractivity contribution in [2.45, 2.75) is 19.4 Å². The molecule has 19 heavy (non-hydrogen) atoms. The number of hydrogen-bond donors (Lipinski definition) is 2. The fraction of sp³-hybridized carbons (Fsp3) is 0.583. The molecule has 0 aliphatic carbocycles. The van der Waals surface area contributed by atoms with Gasteiger partial charge < -0.3 is 15.3 Å². The molecular formula is C12H18N4O3. The minimum Gasteiger partial charge on any atom is -0.481 e. The van der Waals surface area contributed by atoms with Gasteiger partial charge in [-0.1, -0.05) is 0 Å². The van der Waals surface area contributed by atoms with E-state index in [4.69, 9.17) is 5.11 Å². The van der Waals surface area contributed by atoms with Crippen LogP contribution in [0.5, 0.6) is 0 Å². The number of nitrogens with one attached hydrogen (secondary N) is 1. The van der Waals surface area contributed by atoms with Gasteiger partial charge in [-0.05, 0) is 18.9 Å². The molecule has 2 N–H and O–H groups in total. The van der Waals surface area contributed by atoms with Gasteiger partial charge in [0.15, 0.2) is 0 Å². The van der Waals surface area contributed by atoms with Gasteiger partial charge in [0.05, 0.1) is 18.2 Å². The molecule has 0 bridgehead atoms. The second-order valence-corrected chi connectivity index (χ2v) is 4.73. The molecule has 1 aromatic rings. The normalized spacial score (nSPS) is 19.2. The summed E-state index contributed by atoms with van der Waals surface area (Å²) in [7, 11) is 1.81. The van der Waals surface area contributed by atoms with E-state index in [0.29, 0.717) is 19.5 Å². The maximum absolute atomic E-state index is 12.0. The third-order valence-corrected chi connectivity index (χ3v) is 3.40. The third kappa shape index (κ3) is 3.24. The van der Waals surface area contributed by atoms with Gasteiger partial charge in [0.2, 0.25) is 0 Å². The number of aromatic nitrogens is 2. The lowest BCUT2D eigenvalue weighted by molar-refractivity contribution is -0.143. The number of amides is 2. The van der Waals surface area contributed by atoms with Crippen molar-refractivity contribution in [3.8, 4) is 0 Å². The fourth-order valence-corrected chi connectivity index (χ4v) is 2.22. The van der Waals surface area contributed by atoms with Crippen molar-refractivity contribution < 1.29 is 14.7 Å². The lowest BCUT2D eigenvalue weighted by Gasteiger charge is -2.30. The molecule has 1 aliphatic heterocycles. The van der Waals surface area contributed by atoms with Crippen molar-refractivity contribution in [2.75, 3.05) is 13.1 Å². The predicted octanol–water partition coefficient (Wildman–Crippen LogP) is 0.426. The number of hydrogen-bond acceptors (Lipinski definition) is 3. The summed E-state index contributed by atoms with van der Waals surface area (Å²) in [5.41, 5.74) is 0.903. The molecule has 0 aromatic carbocycles. The number of aryl methyl sites for hydroxylation is 1. The molecule has 1 aromatic heterocycles. The summed E-state index contributed by atoms with van der Waals surface area (Å²) >= 11 is 0. The molecule has 104 valence electrons. The van der Waals surface area contributed by atoms with Crippen LogP contribution in [0.4, 0.5) is 4.79 Å². The standard InChI is InChI=1S/C12H18N4O3/c1-15-10(4-5-14-15)7-13-12(19)16-6-2-3-9(8-16)11(17)18/h4-5,9H,2-3,6-8H2,1H3,(H,13,19)(H,17,18). The SMILES string of the molecule is Cn1nccc1CNC(=O)N1CCCC(C(=O)O)C1. The Kier molecular flexibility index (Phi) is 4.03. The maximum atomic E-state index is 12.0. The lowest BCUT2D eigenvalue weighted by Crippen LogP contribution is -2.46. The minimum absolute atomic E-state index is 0.216. The maximum Gasteiger partial charge on any atom is 0.317 e. The first-order valence-corrected chi connectivity index (χ1v) is 6.30. The van der Waals surface area contributed by atoms with Crippen LogP contribution in [0.3, 0.4) is 0 Å². The Morgan fingerprint density at radius 1 is 1.58 bits per heavy atom. The summed E-state index contributed by atoms with van der Waals surface area (Å²) in [5, 5.41) is 15.8. The zero-order valence-corrected chi connectivity index (χ0v) is 10.9. The van der Waals surface area contributed by atoms with Gasteiger partial charge in [-0.25, -0.2) is 4.79 Å². The molecule has 0 radical (unpaired) electrons. The van der Waals surface area contributed by atoms with E-state index >= 15 is 0 Å². The average Bonchev–Trinajstić information content (AvgIpc) is 2.81. The van der Waals surface area contributed by atoms with Crippen LogP contribution < -0.4 is 5.32 Å². The summed E-state index contributed by atoms with van der Waals surface area (Å²) in [6, 6.07) is 1.61. The molecule has 0 spiro atoms. The summed E-state index contributed by atoms with van der Waals surface area (Å²) in [6.45, 7) is 1.29. The van der Waals surface area contributed by atoms with Crippen molar-refractivity contribution in [2.24, 2.45) is 13.0 Å². The van der Waals surface area contributed by atoms with Gasteiger partial charge >= 0.3 is 12.0 Å². The second kappa shape index (κ2) is 5.73. The monoisotopic (exact) mass is 266 g/mol. The van der Waals surface area contributed by atoms with Crippen molar-refractivity contribution in [3.63, 3.8) is 0 Å². The van der Waals surface area contributed by atoms with Crippen LogP contribution in [0, 0.1) is 5.92 Å². The second-order valence-electron chi connectivity index (χ2n) is 4.73. The molecule has 1 aliphatic rings. The highest BCUT2D eigenvalue weighted by Crippen LogP contribution is 2.16. The van der Waals surface area contributed by atoms with E-state index in [1.54, 1.807) is 15.8 Å². The third-order valence-electron chi connectivity index (χ3n) is 3.40. The summed E-state index contributed by atoms with van der Waals surface area (Å²) in [4.78, 5) is 24.5. The van der Waals surface area contributed by atoms with Crippen molar-refractivity contribution >= 4 is 12.0 Å². The molecular weight excluding hydrogens is 248 g/mol. The van der Waals surface area contributed by atoms with E-state index in [1.807, 2.05) is 13.1 Å². The van der Waals surface area contributed by atoms with Crippen LogP contribution in [-0.2, 0) is 18.4 Å². The van der Waals surface area contributed by atoms with E-state index < -0.39 is 11.9 Å². The fourth-order valence-electron chi connectivity index (χ4n) is 2.22. The highest BCUT2D eigenvalue weighted by molar-refractivity contribution is 5.76. The van der Waals surface area contributed by atoms with Crippen LogP contribution in [0.15, 0.2) is 12.3 Å². The minimum atomic E-state index is -0.830. The molecule has 2 amide bonds. The predicted molar refractivity (Wildman–Crippen MR) is 67.4 cm³/mol. The number of nitrogens with zero attached hydrogens (tertiary/aromatic N) is 3. The summed E-state index contributed by atoms with van der Waals surface area (Å²) in [6.07, 6.45) is 3.04. The molecule has 7 nitrogen and oxygen atoms in total. The summed E-state index contributed by atoms with van der Waals surface area (Å²) < 4.78 is 1.69. The molecule has 1 unspecified atom stereocenters. The number of likely N-dealkylation sites (tertiary alicyclic amines) is 1. The Balaban J connectivity index is 1.86. The van der Waals surface area contributed by atoms with Crippen LogP contribution >= 0.6 is 0 Å². The van der Waals surface area contributed by atoms with Gasteiger partial charge in [0.1, 0.15) is 0 Å². The first kappa shape index (κ1) is 13.4. The van der Waals surface area contributed by atoms with Crippen LogP contribution in [-0.4, -0.2) is 44.9 Å². The number of carbonyl (C=O) groups excluding carboxylic acids is 1. The van der Waals surface area contributed by atoms with E-state index in [2.05, 4.69) is 10.4 Å². The lowest BCUT2D eigenvalue weighted by atomic mass is 9.99. The van der Waals surface area contributed by atoms with Crippen LogP contribution in [0.2, 0.25) is 0 Å². The van der Waals surface area contributed by atoms with Gasteiger partial charge in [0, 0.05) is 26.3 Å². The van der Waals surface area contributed by atoms with Crippen molar-refractivity contribution in [1.29, 1.82) is 0 Å². The Hall–Kier alpha value is -2.05. The number of carbonyl (C=O) groups is 2. The first-order chi connectivity index (χ1) is 9.08. The zero-order chi connectivity index (χ0) is 13.8. The van der Waals surface area contributed by atoms with Gasteiger partial charge in [-0.3, -0.25) is 9.48 Å². The van der Waals surface area contributed by atoms with Crippen molar-refractivity contribution in [3.05, 3.63) is 18.0 Å². The van der Waals surface area contributed by atoms with E-state index in [9.17, 15) is 9.59 Å². The largest absolute Gasteiger partial charge is 0.481 e. The van der Waals surface area contributed by atoms with Gasteiger partial charge in [-0.2, -0.15) is 5.10 Å². The quantitative estimate of drug-likeness (QED) is 0.830. The smallest absolute Gasteiger partial charge is 0.317 e. The number of urea groups is 1. The number of piperidine rings is 1. The Labute approximate surface area is 111 Å². The Bertz CT molecular complexity index is 471. The molecule has 0 saturated carbocycles. The molecule has 2 heterocycles. The molecule has 1 fully saturated rings. The van der Waals surface area contributed by atoms with Gasteiger partial charge in [0.25, 0.3) is 0 Å². The molecule has 1 atom stereocenters. The zero-order valence-electron chi connectivity index (χ0n) is 10.9. The van der Waals surface area contributed by atoms with Crippen LogP contribution in [0.25, 0.3) is 0 Å². The molecule has 7 heteroatoms. The number of aliphatic carboxylic acids is 1. The van der Waals surface area contributed by atoms with E-state index in [1.165, 1.54) is 0 Å².